The van der Waals surface area contributed by atoms with Crippen molar-refractivity contribution in [2.45, 2.75) is 43.1 Å². The number of amides is 1. The molecule has 2 aliphatic heterocycles. The normalized spacial score (nSPS) is 43.3. The second-order valence-corrected chi connectivity index (χ2v) is 5.95. The number of hydrogen-bond acceptors (Lipinski definition) is 3. The minimum absolute atomic E-state index is 0.0186. The molecule has 4 rings (SSSR count). The summed E-state index contributed by atoms with van der Waals surface area (Å²) in [7, 11) is 0. The minimum Gasteiger partial charge on any atom is -0.380 e. The summed E-state index contributed by atoms with van der Waals surface area (Å²) in [6.07, 6.45) is 2.38. The molecule has 1 saturated carbocycles. The van der Waals surface area contributed by atoms with Gasteiger partial charge >= 0.3 is 0 Å². The van der Waals surface area contributed by atoms with Gasteiger partial charge in [-0.3, -0.25) is 4.79 Å². The molecule has 2 saturated heterocycles. The molecule has 2 N–H and O–H groups in total. The van der Waals surface area contributed by atoms with Crippen LogP contribution in [0.1, 0.15) is 18.4 Å². The largest absolute Gasteiger partial charge is 0.380 e. The Balaban J connectivity index is 1.58. The fourth-order valence-electron chi connectivity index (χ4n) is 3.68. The molecule has 5 atom stereocenters. The van der Waals surface area contributed by atoms with Gasteiger partial charge in [0.2, 0.25) is 0 Å². The quantitative estimate of drug-likeness (QED) is 0.766. The minimum atomic E-state index is -1.21. The summed E-state index contributed by atoms with van der Waals surface area (Å²) < 4.78 is 5.49. The summed E-state index contributed by atoms with van der Waals surface area (Å²) in [5.74, 6) is -0.240. The zero-order valence-corrected chi connectivity index (χ0v) is 10.6. The lowest BCUT2D eigenvalue weighted by atomic mass is 9.73. The van der Waals surface area contributed by atoms with Gasteiger partial charge in [-0.1, -0.05) is 30.3 Å². The number of carbonyl (C=O) groups is 1. The Bertz CT molecular complexity index is 517. The van der Waals surface area contributed by atoms with Crippen LogP contribution in [0.3, 0.4) is 0 Å². The van der Waals surface area contributed by atoms with Gasteiger partial charge in [-0.2, -0.15) is 0 Å². The average Bonchev–Trinajstić information content (AvgIpc) is 3.10. The van der Waals surface area contributed by atoms with E-state index < -0.39 is 5.60 Å². The van der Waals surface area contributed by atoms with Crippen molar-refractivity contribution in [1.29, 1.82) is 0 Å². The summed E-state index contributed by atoms with van der Waals surface area (Å²) in [4.78, 5) is 12.1. The van der Waals surface area contributed by atoms with Crippen molar-refractivity contribution in [3.63, 3.8) is 0 Å². The van der Waals surface area contributed by atoms with Gasteiger partial charge in [0.15, 0.2) is 5.60 Å². The van der Waals surface area contributed by atoms with Crippen LogP contribution < -0.4 is 5.32 Å². The number of ether oxygens (including phenoxy) is 1. The lowest BCUT2D eigenvalue weighted by Gasteiger charge is -2.31. The Morgan fingerprint density at radius 1 is 1.32 bits per heavy atom. The van der Waals surface area contributed by atoms with E-state index in [4.69, 9.17) is 4.74 Å². The number of hydrogen-bond donors (Lipinski definition) is 2. The highest BCUT2D eigenvalue weighted by Crippen LogP contribution is 2.49. The van der Waals surface area contributed by atoms with E-state index in [2.05, 4.69) is 17.4 Å². The summed E-state index contributed by atoms with van der Waals surface area (Å²) in [6, 6.07) is 10.1. The van der Waals surface area contributed by atoms with Crippen LogP contribution in [0.2, 0.25) is 0 Å². The van der Waals surface area contributed by atoms with Gasteiger partial charge in [-0.25, -0.2) is 0 Å². The first kappa shape index (κ1) is 11.4. The average molecular weight is 259 g/mol. The molecule has 4 nitrogen and oxygen atoms in total. The van der Waals surface area contributed by atoms with Crippen LogP contribution in [0.4, 0.5) is 0 Å². The summed E-state index contributed by atoms with van der Waals surface area (Å²) in [5.41, 5.74) is -0.0206. The molecule has 0 spiro atoms. The van der Waals surface area contributed by atoms with Crippen LogP contribution in [0, 0.1) is 5.92 Å². The Morgan fingerprint density at radius 2 is 2.11 bits per heavy atom. The molecule has 0 aromatic heterocycles. The Kier molecular flexibility index (Phi) is 2.29. The maximum atomic E-state index is 12.1. The van der Waals surface area contributed by atoms with Crippen molar-refractivity contribution in [3.8, 4) is 0 Å². The molecule has 1 aromatic carbocycles. The standard InChI is InChI=1S/C15H17NO3/c17-14-15(18)8-13-12(19-13)7-10(15)11(16-14)6-9-4-2-1-3-5-9/h1-5,10-13,18H,6-8H2,(H,16,17). The number of aliphatic hydroxyl groups is 1. The Labute approximate surface area is 111 Å². The molecule has 1 amide bonds. The van der Waals surface area contributed by atoms with Gasteiger partial charge in [0.05, 0.1) is 12.2 Å². The van der Waals surface area contributed by atoms with E-state index >= 15 is 0 Å². The Hall–Kier alpha value is -1.39. The zero-order valence-electron chi connectivity index (χ0n) is 10.6. The lowest BCUT2D eigenvalue weighted by Crippen LogP contribution is -2.47. The number of nitrogens with one attached hydrogen (secondary N) is 1. The van der Waals surface area contributed by atoms with Crippen LogP contribution in [0.5, 0.6) is 0 Å². The summed E-state index contributed by atoms with van der Waals surface area (Å²) in [5, 5.41) is 13.6. The first-order chi connectivity index (χ1) is 9.17. The molecular formula is C15H17NO3. The smallest absolute Gasteiger partial charge is 0.252 e. The van der Waals surface area contributed by atoms with E-state index in [0.29, 0.717) is 6.42 Å². The van der Waals surface area contributed by atoms with E-state index in [1.165, 1.54) is 5.56 Å². The number of fused-ring (bicyclic) bond motifs is 2. The first-order valence-corrected chi connectivity index (χ1v) is 6.89. The maximum absolute atomic E-state index is 12.1. The molecule has 100 valence electrons. The maximum Gasteiger partial charge on any atom is 0.252 e. The van der Waals surface area contributed by atoms with E-state index in [1.807, 2.05) is 18.2 Å². The first-order valence-electron chi connectivity index (χ1n) is 6.89. The molecule has 4 heteroatoms. The summed E-state index contributed by atoms with van der Waals surface area (Å²) >= 11 is 0. The third kappa shape index (κ3) is 1.70. The molecule has 3 aliphatic rings. The topological polar surface area (TPSA) is 61.9 Å². The van der Waals surface area contributed by atoms with Crippen LogP contribution in [0.15, 0.2) is 30.3 Å². The predicted octanol–water partition coefficient (Wildman–Crippen LogP) is 0.636. The molecule has 0 radical (unpaired) electrons. The van der Waals surface area contributed by atoms with Gasteiger partial charge in [-0.15, -0.1) is 0 Å². The highest BCUT2D eigenvalue weighted by Gasteiger charge is 2.63. The molecule has 2 heterocycles. The highest BCUT2D eigenvalue weighted by atomic mass is 16.6. The van der Waals surface area contributed by atoms with E-state index in [-0.39, 0.29) is 30.1 Å². The lowest BCUT2D eigenvalue weighted by molar-refractivity contribution is -0.140. The van der Waals surface area contributed by atoms with Crippen molar-refractivity contribution < 1.29 is 14.6 Å². The molecule has 19 heavy (non-hydrogen) atoms. The zero-order chi connectivity index (χ0) is 13.0. The molecule has 1 aromatic rings. The summed E-state index contributed by atoms with van der Waals surface area (Å²) in [6.45, 7) is 0. The van der Waals surface area contributed by atoms with Gasteiger partial charge < -0.3 is 15.2 Å². The van der Waals surface area contributed by atoms with Gasteiger partial charge in [0.1, 0.15) is 0 Å². The second kappa shape index (κ2) is 3.81. The van der Waals surface area contributed by atoms with Crippen molar-refractivity contribution in [2.75, 3.05) is 0 Å². The molecule has 1 aliphatic carbocycles. The van der Waals surface area contributed by atoms with Crippen molar-refractivity contribution in [1.82, 2.24) is 5.32 Å². The molecule has 5 unspecified atom stereocenters. The van der Waals surface area contributed by atoms with Crippen LogP contribution in [0.25, 0.3) is 0 Å². The number of benzene rings is 1. The van der Waals surface area contributed by atoms with Crippen LogP contribution in [-0.4, -0.2) is 34.9 Å². The van der Waals surface area contributed by atoms with Gasteiger partial charge in [0.25, 0.3) is 5.91 Å². The number of carbonyl (C=O) groups excluding carboxylic acids is 1. The fourth-order valence-corrected chi connectivity index (χ4v) is 3.68. The highest BCUT2D eigenvalue weighted by molar-refractivity contribution is 5.88. The Morgan fingerprint density at radius 3 is 2.89 bits per heavy atom. The number of rotatable bonds is 2. The molecular weight excluding hydrogens is 242 g/mol. The van der Waals surface area contributed by atoms with Crippen molar-refractivity contribution >= 4 is 5.91 Å². The van der Waals surface area contributed by atoms with E-state index in [9.17, 15) is 9.90 Å². The third-order valence-corrected chi connectivity index (χ3v) is 4.79. The monoisotopic (exact) mass is 259 g/mol. The van der Waals surface area contributed by atoms with E-state index in [1.54, 1.807) is 0 Å². The van der Waals surface area contributed by atoms with Crippen molar-refractivity contribution in [3.05, 3.63) is 35.9 Å². The van der Waals surface area contributed by atoms with Crippen LogP contribution in [-0.2, 0) is 16.0 Å². The molecule has 0 bridgehead atoms. The van der Waals surface area contributed by atoms with E-state index in [0.717, 1.165) is 12.8 Å². The second-order valence-electron chi connectivity index (χ2n) is 5.95. The predicted molar refractivity (Wildman–Crippen MR) is 68.4 cm³/mol. The van der Waals surface area contributed by atoms with Gasteiger partial charge in [0, 0.05) is 18.4 Å². The van der Waals surface area contributed by atoms with Crippen molar-refractivity contribution in [2.24, 2.45) is 5.92 Å². The SMILES string of the molecule is O=C1NC(Cc2ccccc2)C2CC3OC3CC12O. The third-order valence-electron chi connectivity index (χ3n) is 4.79. The number of epoxide rings is 1. The fraction of sp³-hybridized carbons (Fsp3) is 0.533. The van der Waals surface area contributed by atoms with Crippen LogP contribution >= 0.6 is 0 Å². The van der Waals surface area contributed by atoms with Gasteiger partial charge in [-0.05, 0) is 18.4 Å². The molecule has 3 fully saturated rings.